The summed E-state index contributed by atoms with van der Waals surface area (Å²) in [6.45, 7) is -0.248. The molecule has 0 aliphatic heterocycles. The van der Waals surface area contributed by atoms with Gasteiger partial charge in [0, 0.05) is 12.1 Å². The molecule has 1 N–H and O–H groups in total. The SMILES string of the molecule is O=C(COC(=O)/C=C/c1ccc(Br)o1)NC1CCCCCC1. The van der Waals surface area contributed by atoms with E-state index in [9.17, 15) is 9.59 Å². The van der Waals surface area contributed by atoms with E-state index in [1.54, 1.807) is 12.1 Å². The van der Waals surface area contributed by atoms with Gasteiger partial charge in [0.2, 0.25) is 0 Å². The first-order valence-corrected chi connectivity index (χ1v) is 8.32. The number of carbonyl (C=O) groups is 2. The number of hydrogen-bond donors (Lipinski definition) is 1. The Bertz CT molecular complexity index is 530. The normalized spacial score (nSPS) is 16.4. The lowest BCUT2D eigenvalue weighted by molar-refractivity contribution is -0.144. The number of hydrogen-bond acceptors (Lipinski definition) is 4. The molecule has 1 fully saturated rings. The van der Waals surface area contributed by atoms with E-state index >= 15 is 0 Å². The molecule has 0 atom stereocenters. The summed E-state index contributed by atoms with van der Waals surface area (Å²) < 4.78 is 10.7. The number of ether oxygens (including phenoxy) is 1. The zero-order valence-electron chi connectivity index (χ0n) is 12.3. The van der Waals surface area contributed by atoms with Crippen molar-refractivity contribution in [2.75, 3.05) is 6.61 Å². The minimum Gasteiger partial charge on any atom is -0.452 e. The fraction of sp³-hybridized carbons (Fsp3) is 0.500. The Morgan fingerprint density at radius 3 is 2.64 bits per heavy atom. The molecule has 6 heteroatoms. The van der Waals surface area contributed by atoms with Crippen molar-refractivity contribution in [1.29, 1.82) is 0 Å². The van der Waals surface area contributed by atoms with Crippen LogP contribution in [0.15, 0.2) is 27.3 Å². The van der Waals surface area contributed by atoms with E-state index in [4.69, 9.17) is 9.15 Å². The van der Waals surface area contributed by atoms with Crippen LogP contribution in [0.25, 0.3) is 6.08 Å². The van der Waals surface area contributed by atoms with Gasteiger partial charge < -0.3 is 14.5 Å². The molecule has 1 aliphatic rings. The summed E-state index contributed by atoms with van der Waals surface area (Å²) in [5.74, 6) is -0.273. The number of esters is 1. The van der Waals surface area contributed by atoms with Gasteiger partial charge in [0.05, 0.1) is 0 Å². The largest absolute Gasteiger partial charge is 0.452 e. The third-order valence-electron chi connectivity index (χ3n) is 3.54. The highest BCUT2D eigenvalue weighted by molar-refractivity contribution is 9.10. The second kappa shape index (κ2) is 8.78. The molecule has 1 amide bonds. The van der Waals surface area contributed by atoms with E-state index in [-0.39, 0.29) is 18.6 Å². The Hall–Kier alpha value is -1.56. The molecule has 1 aliphatic carbocycles. The fourth-order valence-electron chi connectivity index (χ4n) is 2.45. The van der Waals surface area contributed by atoms with Gasteiger partial charge in [-0.2, -0.15) is 0 Å². The molecule has 0 saturated heterocycles. The molecule has 0 unspecified atom stereocenters. The summed E-state index contributed by atoms with van der Waals surface area (Å²) in [4.78, 5) is 23.3. The zero-order valence-corrected chi connectivity index (χ0v) is 13.9. The van der Waals surface area contributed by atoms with Crippen LogP contribution >= 0.6 is 15.9 Å². The van der Waals surface area contributed by atoms with Gasteiger partial charge in [-0.25, -0.2) is 4.79 Å². The maximum Gasteiger partial charge on any atom is 0.331 e. The molecule has 1 saturated carbocycles. The second-order valence-corrected chi connectivity index (χ2v) is 6.12. The van der Waals surface area contributed by atoms with Gasteiger partial charge in [-0.3, -0.25) is 4.79 Å². The van der Waals surface area contributed by atoms with Crippen LogP contribution in [-0.2, 0) is 14.3 Å². The van der Waals surface area contributed by atoms with Crippen molar-refractivity contribution in [1.82, 2.24) is 5.32 Å². The number of amides is 1. The number of nitrogens with one attached hydrogen (secondary N) is 1. The van der Waals surface area contributed by atoms with Crippen molar-refractivity contribution < 1.29 is 18.7 Å². The predicted molar refractivity (Wildman–Crippen MR) is 86.0 cm³/mol. The monoisotopic (exact) mass is 369 g/mol. The van der Waals surface area contributed by atoms with Crippen molar-refractivity contribution in [3.8, 4) is 0 Å². The maximum absolute atomic E-state index is 11.8. The first-order valence-electron chi connectivity index (χ1n) is 7.53. The third kappa shape index (κ3) is 6.05. The Labute approximate surface area is 138 Å². The highest BCUT2D eigenvalue weighted by Crippen LogP contribution is 2.17. The van der Waals surface area contributed by atoms with Crippen LogP contribution in [0, 0.1) is 0 Å². The van der Waals surface area contributed by atoms with E-state index in [1.807, 2.05) is 0 Å². The molecule has 0 radical (unpaired) electrons. The molecule has 1 aromatic heterocycles. The second-order valence-electron chi connectivity index (χ2n) is 5.34. The quantitative estimate of drug-likeness (QED) is 0.490. The summed E-state index contributed by atoms with van der Waals surface area (Å²) in [5, 5.41) is 2.93. The number of carbonyl (C=O) groups excluding carboxylic acids is 2. The molecule has 1 aromatic rings. The molecule has 1 heterocycles. The highest BCUT2D eigenvalue weighted by Gasteiger charge is 2.15. The predicted octanol–water partition coefficient (Wildman–Crippen LogP) is 3.44. The molecular weight excluding hydrogens is 350 g/mol. The molecule has 0 aromatic carbocycles. The van der Waals surface area contributed by atoms with Crippen LogP contribution in [0.5, 0.6) is 0 Å². The molecule has 2 rings (SSSR count). The van der Waals surface area contributed by atoms with Gasteiger partial charge in [-0.15, -0.1) is 0 Å². The highest BCUT2D eigenvalue weighted by atomic mass is 79.9. The van der Waals surface area contributed by atoms with Crippen LogP contribution in [0.3, 0.4) is 0 Å². The van der Waals surface area contributed by atoms with Crippen molar-refractivity contribution in [3.63, 3.8) is 0 Å². The first-order chi connectivity index (χ1) is 10.6. The molecule has 0 bridgehead atoms. The third-order valence-corrected chi connectivity index (χ3v) is 3.97. The topological polar surface area (TPSA) is 68.5 Å². The molecule has 5 nitrogen and oxygen atoms in total. The van der Waals surface area contributed by atoms with Crippen LogP contribution in [-0.4, -0.2) is 24.5 Å². The van der Waals surface area contributed by atoms with Crippen LogP contribution in [0.2, 0.25) is 0 Å². The van der Waals surface area contributed by atoms with E-state index < -0.39 is 5.97 Å². The number of furan rings is 1. The minimum absolute atomic E-state index is 0.213. The first kappa shape index (κ1) is 16.8. The number of halogens is 1. The van der Waals surface area contributed by atoms with E-state index in [1.165, 1.54) is 25.0 Å². The van der Waals surface area contributed by atoms with E-state index in [0.29, 0.717) is 10.4 Å². The Kier molecular flexibility index (Phi) is 6.71. The van der Waals surface area contributed by atoms with E-state index in [0.717, 1.165) is 25.7 Å². The van der Waals surface area contributed by atoms with Crippen molar-refractivity contribution in [2.24, 2.45) is 0 Å². The Morgan fingerprint density at radius 2 is 2.00 bits per heavy atom. The van der Waals surface area contributed by atoms with Crippen molar-refractivity contribution in [2.45, 2.75) is 44.6 Å². The zero-order chi connectivity index (χ0) is 15.8. The lowest BCUT2D eigenvalue weighted by atomic mass is 10.1. The fourth-order valence-corrected chi connectivity index (χ4v) is 2.76. The average Bonchev–Trinajstić information content (AvgIpc) is 2.74. The van der Waals surface area contributed by atoms with Crippen molar-refractivity contribution in [3.05, 3.63) is 28.6 Å². The summed E-state index contributed by atoms with van der Waals surface area (Å²) in [7, 11) is 0. The summed E-state index contributed by atoms with van der Waals surface area (Å²) >= 11 is 3.17. The Morgan fingerprint density at radius 1 is 1.27 bits per heavy atom. The van der Waals surface area contributed by atoms with Gasteiger partial charge in [0.1, 0.15) is 5.76 Å². The molecule has 120 valence electrons. The van der Waals surface area contributed by atoms with Gasteiger partial charge in [-0.05, 0) is 47.0 Å². The summed E-state index contributed by atoms with van der Waals surface area (Å²) in [6.07, 6.45) is 9.50. The van der Waals surface area contributed by atoms with E-state index in [2.05, 4.69) is 21.2 Å². The van der Waals surface area contributed by atoms with Gasteiger partial charge in [0.25, 0.3) is 5.91 Å². The van der Waals surface area contributed by atoms with Gasteiger partial charge >= 0.3 is 5.97 Å². The van der Waals surface area contributed by atoms with Gasteiger partial charge in [0.15, 0.2) is 11.3 Å². The summed E-state index contributed by atoms with van der Waals surface area (Å²) in [6, 6.07) is 3.65. The lowest BCUT2D eigenvalue weighted by Crippen LogP contribution is -2.37. The smallest absolute Gasteiger partial charge is 0.331 e. The van der Waals surface area contributed by atoms with Crippen LogP contribution in [0.4, 0.5) is 0 Å². The Balaban J connectivity index is 1.68. The summed E-state index contributed by atoms with van der Waals surface area (Å²) in [5.41, 5.74) is 0. The molecular formula is C16H20BrNO4. The lowest BCUT2D eigenvalue weighted by Gasteiger charge is -2.15. The molecule has 0 spiro atoms. The van der Waals surface area contributed by atoms with Crippen molar-refractivity contribution >= 4 is 33.9 Å². The van der Waals surface area contributed by atoms with Crippen LogP contribution < -0.4 is 5.32 Å². The maximum atomic E-state index is 11.8. The van der Waals surface area contributed by atoms with Crippen LogP contribution in [0.1, 0.15) is 44.3 Å². The average molecular weight is 370 g/mol. The van der Waals surface area contributed by atoms with Gasteiger partial charge in [-0.1, -0.05) is 25.7 Å². The molecule has 22 heavy (non-hydrogen) atoms. The number of rotatable bonds is 5. The minimum atomic E-state index is -0.566. The standard InChI is InChI=1S/C16H20BrNO4/c17-14-9-7-13(22-14)8-10-16(20)21-11-15(19)18-12-5-3-1-2-4-6-12/h7-10,12H,1-6,11H2,(H,18,19)/b10-8+.